The van der Waals surface area contributed by atoms with Gasteiger partial charge in [0.05, 0.1) is 5.60 Å². The standard InChI is InChI=1S/C13H28N2O/c1-11-10-12(6-9-15(11)4)14-8-7-13(2,3)16-5/h11-12,14H,6-10H2,1-5H3. The van der Waals surface area contributed by atoms with Crippen LogP contribution in [-0.2, 0) is 4.74 Å². The minimum absolute atomic E-state index is 0.00404. The van der Waals surface area contributed by atoms with Crippen molar-refractivity contribution in [2.75, 3.05) is 27.2 Å². The van der Waals surface area contributed by atoms with Crippen LogP contribution in [0.1, 0.15) is 40.0 Å². The number of rotatable bonds is 5. The van der Waals surface area contributed by atoms with Gasteiger partial charge in [-0.2, -0.15) is 0 Å². The summed E-state index contributed by atoms with van der Waals surface area (Å²) in [6.07, 6.45) is 3.61. The van der Waals surface area contributed by atoms with Gasteiger partial charge in [-0.25, -0.2) is 0 Å². The lowest BCUT2D eigenvalue weighted by molar-refractivity contribution is 0.0146. The number of nitrogens with zero attached hydrogens (tertiary/aromatic N) is 1. The van der Waals surface area contributed by atoms with Gasteiger partial charge in [-0.3, -0.25) is 0 Å². The highest BCUT2D eigenvalue weighted by molar-refractivity contribution is 4.82. The number of hydrogen-bond donors (Lipinski definition) is 1. The molecule has 0 amide bonds. The molecule has 0 radical (unpaired) electrons. The molecular formula is C13H28N2O. The third-order valence-corrected chi connectivity index (χ3v) is 3.92. The van der Waals surface area contributed by atoms with Crippen molar-refractivity contribution < 1.29 is 4.74 Å². The van der Waals surface area contributed by atoms with E-state index in [0.29, 0.717) is 12.1 Å². The zero-order valence-corrected chi connectivity index (χ0v) is 11.5. The Kier molecular flexibility index (Phi) is 5.22. The molecule has 2 unspecified atom stereocenters. The Labute approximate surface area is 101 Å². The molecule has 1 aliphatic rings. The summed E-state index contributed by atoms with van der Waals surface area (Å²) in [6.45, 7) is 8.87. The Bertz CT molecular complexity index is 206. The van der Waals surface area contributed by atoms with Crippen LogP contribution < -0.4 is 5.32 Å². The SMILES string of the molecule is COC(C)(C)CCNC1CCN(C)C(C)C1. The predicted octanol–water partition coefficient (Wildman–Crippen LogP) is 1.87. The third kappa shape index (κ3) is 4.40. The predicted molar refractivity (Wildman–Crippen MR) is 68.8 cm³/mol. The van der Waals surface area contributed by atoms with Crippen LogP contribution in [0.15, 0.2) is 0 Å². The molecule has 0 bridgehead atoms. The first-order valence-corrected chi connectivity index (χ1v) is 6.43. The second-order valence-electron chi connectivity index (χ2n) is 5.72. The number of nitrogens with one attached hydrogen (secondary N) is 1. The van der Waals surface area contributed by atoms with E-state index in [2.05, 4.69) is 38.0 Å². The molecule has 0 aromatic heterocycles. The summed E-state index contributed by atoms with van der Waals surface area (Å²) in [5.74, 6) is 0. The average Bonchev–Trinajstić information content (AvgIpc) is 2.23. The normalized spacial score (nSPS) is 28.3. The quantitative estimate of drug-likeness (QED) is 0.777. The van der Waals surface area contributed by atoms with Crippen molar-refractivity contribution in [1.82, 2.24) is 10.2 Å². The molecule has 0 aromatic carbocycles. The second kappa shape index (κ2) is 5.99. The highest BCUT2D eigenvalue weighted by atomic mass is 16.5. The Morgan fingerprint density at radius 2 is 2.12 bits per heavy atom. The lowest BCUT2D eigenvalue weighted by atomic mass is 9.98. The van der Waals surface area contributed by atoms with Crippen molar-refractivity contribution >= 4 is 0 Å². The van der Waals surface area contributed by atoms with E-state index >= 15 is 0 Å². The number of ether oxygens (including phenoxy) is 1. The van der Waals surface area contributed by atoms with Crippen molar-refractivity contribution in [2.24, 2.45) is 0 Å². The molecule has 96 valence electrons. The largest absolute Gasteiger partial charge is 0.379 e. The average molecular weight is 228 g/mol. The highest BCUT2D eigenvalue weighted by Gasteiger charge is 2.23. The Morgan fingerprint density at radius 3 is 2.69 bits per heavy atom. The number of piperidine rings is 1. The molecule has 1 rings (SSSR count). The molecule has 1 fully saturated rings. The fraction of sp³-hybridized carbons (Fsp3) is 1.00. The van der Waals surface area contributed by atoms with E-state index in [0.717, 1.165) is 13.0 Å². The van der Waals surface area contributed by atoms with Crippen LogP contribution in [-0.4, -0.2) is 49.8 Å². The van der Waals surface area contributed by atoms with Gasteiger partial charge in [0.1, 0.15) is 0 Å². The van der Waals surface area contributed by atoms with Gasteiger partial charge < -0.3 is 15.0 Å². The first-order valence-electron chi connectivity index (χ1n) is 6.43. The van der Waals surface area contributed by atoms with Crippen LogP contribution in [0, 0.1) is 0 Å². The molecule has 1 aliphatic heterocycles. The minimum atomic E-state index is 0.00404. The fourth-order valence-electron chi connectivity index (χ4n) is 2.15. The second-order valence-corrected chi connectivity index (χ2v) is 5.72. The van der Waals surface area contributed by atoms with Crippen molar-refractivity contribution in [3.05, 3.63) is 0 Å². The topological polar surface area (TPSA) is 24.5 Å². The molecule has 1 N–H and O–H groups in total. The molecule has 0 aliphatic carbocycles. The van der Waals surface area contributed by atoms with E-state index in [9.17, 15) is 0 Å². The van der Waals surface area contributed by atoms with Crippen LogP contribution >= 0.6 is 0 Å². The first kappa shape index (κ1) is 13.9. The van der Waals surface area contributed by atoms with Gasteiger partial charge >= 0.3 is 0 Å². The minimum Gasteiger partial charge on any atom is -0.379 e. The molecule has 2 atom stereocenters. The Morgan fingerprint density at radius 1 is 1.44 bits per heavy atom. The number of likely N-dealkylation sites (tertiary alicyclic amines) is 1. The van der Waals surface area contributed by atoms with Gasteiger partial charge in [-0.15, -0.1) is 0 Å². The van der Waals surface area contributed by atoms with Crippen LogP contribution in [0.2, 0.25) is 0 Å². The van der Waals surface area contributed by atoms with Crippen LogP contribution in [0.3, 0.4) is 0 Å². The molecular weight excluding hydrogens is 200 g/mol. The van der Waals surface area contributed by atoms with E-state index in [1.807, 2.05) is 0 Å². The maximum atomic E-state index is 5.42. The smallest absolute Gasteiger partial charge is 0.0634 e. The summed E-state index contributed by atoms with van der Waals surface area (Å²) in [5, 5.41) is 3.66. The van der Waals surface area contributed by atoms with Crippen LogP contribution in [0.25, 0.3) is 0 Å². The van der Waals surface area contributed by atoms with Crippen LogP contribution in [0.5, 0.6) is 0 Å². The summed E-state index contributed by atoms with van der Waals surface area (Å²) < 4.78 is 5.42. The zero-order valence-electron chi connectivity index (χ0n) is 11.5. The van der Waals surface area contributed by atoms with Gasteiger partial charge in [0, 0.05) is 19.2 Å². The van der Waals surface area contributed by atoms with Crippen molar-refractivity contribution in [3.8, 4) is 0 Å². The van der Waals surface area contributed by atoms with Crippen molar-refractivity contribution in [2.45, 2.75) is 57.7 Å². The molecule has 3 heteroatoms. The summed E-state index contributed by atoms with van der Waals surface area (Å²) in [7, 11) is 4.01. The van der Waals surface area contributed by atoms with Crippen molar-refractivity contribution in [1.29, 1.82) is 0 Å². The lowest BCUT2D eigenvalue weighted by Gasteiger charge is -2.36. The third-order valence-electron chi connectivity index (χ3n) is 3.92. The van der Waals surface area contributed by atoms with Crippen LogP contribution in [0.4, 0.5) is 0 Å². The summed E-state index contributed by atoms with van der Waals surface area (Å²) in [5.41, 5.74) is 0.00404. The molecule has 1 heterocycles. The maximum absolute atomic E-state index is 5.42. The van der Waals surface area contributed by atoms with E-state index < -0.39 is 0 Å². The van der Waals surface area contributed by atoms with Gasteiger partial charge in [0.15, 0.2) is 0 Å². The molecule has 0 aromatic rings. The molecule has 16 heavy (non-hydrogen) atoms. The zero-order chi connectivity index (χ0) is 12.2. The summed E-state index contributed by atoms with van der Waals surface area (Å²) in [4.78, 5) is 2.44. The van der Waals surface area contributed by atoms with Gasteiger partial charge in [-0.1, -0.05) is 0 Å². The fourth-order valence-corrected chi connectivity index (χ4v) is 2.15. The maximum Gasteiger partial charge on any atom is 0.0634 e. The first-order chi connectivity index (χ1) is 7.44. The van der Waals surface area contributed by atoms with E-state index in [-0.39, 0.29) is 5.60 Å². The molecule has 0 spiro atoms. The monoisotopic (exact) mass is 228 g/mol. The number of methoxy groups -OCH3 is 1. The van der Waals surface area contributed by atoms with E-state index in [4.69, 9.17) is 4.74 Å². The van der Waals surface area contributed by atoms with Gasteiger partial charge in [0.25, 0.3) is 0 Å². The van der Waals surface area contributed by atoms with E-state index in [1.54, 1.807) is 7.11 Å². The number of hydrogen-bond acceptors (Lipinski definition) is 3. The molecule has 3 nitrogen and oxygen atoms in total. The summed E-state index contributed by atoms with van der Waals surface area (Å²) in [6, 6.07) is 1.40. The lowest BCUT2D eigenvalue weighted by Crippen LogP contribution is -2.46. The van der Waals surface area contributed by atoms with Gasteiger partial charge in [0.2, 0.25) is 0 Å². The Balaban J connectivity index is 2.19. The molecule has 0 saturated carbocycles. The van der Waals surface area contributed by atoms with Gasteiger partial charge in [-0.05, 0) is 60.2 Å². The Hall–Kier alpha value is -0.120. The van der Waals surface area contributed by atoms with E-state index in [1.165, 1.54) is 19.4 Å². The van der Waals surface area contributed by atoms with Crippen molar-refractivity contribution in [3.63, 3.8) is 0 Å². The molecule has 1 saturated heterocycles. The summed E-state index contributed by atoms with van der Waals surface area (Å²) >= 11 is 0. The highest BCUT2D eigenvalue weighted by Crippen LogP contribution is 2.16.